The van der Waals surface area contributed by atoms with Crippen molar-refractivity contribution in [1.82, 2.24) is 9.97 Å². The summed E-state index contributed by atoms with van der Waals surface area (Å²) in [7, 11) is 0. The summed E-state index contributed by atoms with van der Waals surface area (Å²) in [6, 6.07) is 9.84. The fraction of sp³-hybridized carbons (Fsp3) is 0.286. The highest BCUT2D eigenvalue weighted by Gasteiger charge is 2.12. The summed E-state index contributed by atoms with van der Waals surface area (Å²) in [6.07, 6.45) is 1.54. The van der Waals surface area contributed by atoms with Crippen LogP contribution in [0.15, 0.2) is 36.7 Å². The van der Waals surface area contributed by atoms with Gasteiger partial charge in [-0.25, -0.2) is 9.97 Å². The SMILES string of the molecule is CCN(CC)c1ncnc(Nc2ccccc2)c1N. The van der Waals surface area contributed by atoms with E-state index in [4.69, 9.17) is 5.73 Å². The number of nitrogens with two attached hydrogens (primary N) is 1. The minimum absolute atomic E-state index is 0.579. The van der Waals surface area contributed by atoms with E-state index in [1.807, 2.05) is 30.3 Å². The Balaban J connectivity index is 2.30. The Hall–Kier alpha value is -2.30. The lowest BCUT2D eigenvalue weighted by Gasteiger charge is -2.22. The van der Waals surface area contributed by atoms with Gasteiger partial charge in [-0.3, -0.25) is 0 Å². The highest BCUT2D eigenvalue weighted by atomic mass is 15.2. The topological polar surface area (TPSA) is 67.1 Å². The molecule has 0 aliphatic rings. The van der Waals surface area contributed by atoms with Crippen molar-refractivity contribution in [3.05, 3.63) is 36.7 Å². The van der Waals surface area contributed by atoms with Crippen LogP contribution in [0.4, 0.5) is 23.0 Å². The van der Waals surface area contributed by atoms with Crippen LogP contribution in [0.5, 0.6) is 0 Å². The standard InChI is InChI=1S/C14H19N5/c1-3-19(4-2)14-12(15)13(16-10-17-14)18-11-8-6-5-7-9-11/h5-10H,3-4,15H2,1-2H3,(H,16,17,18). The molecular formula is C14H19N5. The summed E-state index contributed by atoms with van der Waals surface area (Å²) in [4.78, 5) is 10.6. The molecule has 0 spiro atoms. The number of anilines is 4. The Morgan fingerprint density at radius 1 is 1.11 bits per heavy atom. The molecule has 0 amide bonds. The summed E-state index contributed by atoms with van der Waals surface area (Å²) in [6.45, 7) is 5.88. The molecule has 19 heavy (non-hydrogen) atoms. The Bertz CT molecular complexity index is 523. The van der Waals surface area contributed by atoms with Crippen molar-refractivity contribution in [3.63, 3.8) is 0 Å². The van der Waals surface area contributed by atoms with Crippen molar-refractivity contribution < 1.29 is 0 Å². The van der Waals surface area contributed by atoms with Gasteiger partial charge in [0.2, 0.25) is 0 Å². The number of nitrogen functional groups attached to an aromatic ring is 1. The highest BCUT2D eigenvalue weighted by Crippen LogP contribution is 2.27. The zero-order valence-corrected chi connectivity index (χ0v) is 11.3. The average molecular weight is 257 g/mol. The van der Waals surface area contributed by atoms with Gasteiger partial charge in [0.25, 0.3) is 0 Å². The van der Waals surface area contributed by atoms with Gasteiger partial charge in [-0.1, -0.05) is 18.2 Å². The quantitative estimate of drug-likeness (QED) is 0.862. The summed E-state index contributed by atoms with van der Waals surface area (Å²) < 4.78 is 0. The maximum atomic E-state index is 6.15. The summed E-state index contributed by atoms with van der Waals surface area (Å²) in [5.41, 5.74) is 7.69. The Morgan fingerprint density at radius 3 is 2.42 bits per heavy atom. The molecule has 1 heterocycles. The summed E-state index contributed by atoms with van der Waals surface area (Å²) >= 11 is 0. The predicted molar refractivity (Wildman–Crippen MR) is 79.7 cm³/mol. The molecule has 3 N–H and O–H groups in total. The molecule has 5 heteroatoms. The zero-order chi connectivity index (χ0) is 13.7. The van der Waals surface area contributed by atoms with Gasteiger partial charge in [-0.05, 0) is 26.0 Å². The van der Waals surface area contributed by atoms with Crippen LogP contribution in [0.1, 0.15) is 13.8 Å². The predicted octanol–water partition coefficient (Wildman–Crippen LogP) is 2.65. The van der Waals surface area contributed by atoms with Crippen LogP contribution < -0.4 is 16.0 Å². The van der Waals surface area contributed by atoms with Crippen LogP contribution >= 0.6 is 0 Å². The molecule has 1 aromatic carbocycles. The molecule has 0 aliphatic carbocycles. The Morgan fingerprint density at radius 2 is 1.79 bits per heavy atom. The third-order valence-corrected chi connectivity index (χ3v) is 2.96. The average Bonchev–Trinajstić information content (AvgIpc) is 2.45. The molecule has 0 aliphatic heterocycles. The molecule has 1 aromatic heterocycles. The molecule has 0 bridgehead atoms. The summed E-state index contributed by atoms with van der Waals surface area (Å²) in [5, 5.41) is 3.21. The number of benzene rings is 1. The molecule has 5 nitrogen and oxygen atoms in total. The molecule has 0 radical (unpaired) electrons. The van der Waals surface area contributed by atoms with Gasteiger partial charge in [-0.15, -0.1) is 0 Å². The van der Waals surface area contributed by atoms with Crippen LogP contribution in [0.2, 0.25) is 0 Å². The van der Waals surface area contributed by atoms with E-state index in [0.29, 0.717) is 11.5 Å². The molecule has 100 valence electrons. The van der Waals surface area contributed by atoms with Gasteiger partial charge >= 0.3 is 0 Å². The lowest BCUT2D eigenvalue weighted by molar-refractivity contribution is 0.844. The molecule has 0 unspecified atom stereocenters. The minimum atomic E-state index is 0.579. The van der Waals surface area contributed by atoms with Crippen molar-refractivity contribution in [2.75, 3.05) is 29.0 Å². The van der Waals surface area contributed by atoms with E-state index in [-0.39, 0.29) is 0 Å². The van der Waals surface area contributed by atoms with Crippen LogP contribution in [0.25, 0.3) is 0 Å². The first kappa shape index (κ1) is 13.1. The van der Waals surface area contributed by atoms with Gasteiger partial charge in [0.05, 0.1) is 0 Å². The molecule has 2 aromatic rings. The normalized spacial score (nSPS) is 10.2. The molecular weight excluding hydrogens is 238 g/mol. The van der Waals surface area contributed by atoms with E-state index in [0.717, 1.165) is 24.6 Å². The Labute approximate surface area is 113 Å². The van der Waals surface area contributed by atoms with Gasteiger partial charge in [0.15, 0.2) is 11.6 Å². The van der Waals surface area contributed by atoms with Gasteiger partial charge in [0, 0.05) is 18.8 Å². The van der Waals surface area contributed by atoms with E-state index < -0.39 is 0 Å². The third-order valence-electron chi connectivity index (χ3n) is 2.96. The second-order valence-electron chi connectivity index (χ2n) is 4.12. The largest absolute Gasteiger partial charge is 0.393 e. The van der Waals surface area contributed by atoms with Crippen molar-refractivity contribution >= 4 is 23.0 Å². The zero-order valence-electron chi connectivity index (χ0n) is 11.3. The lowest BCUT2D eigenvalue weighted by Crippen LogP contribution is -2.24. The molecule has 0 fully saturated rings. The minimum Gasteiger partial charge on any atom is -0.393 e. The number of hydrogen-bond donors (Lipinski definition) is 2. The third kappa shape index (κ3) is 2.93. The lowest BCUT2D eigenvalue weighted by atomic mass is 10.3. The second-order valence-corrected chi connectivity index (χ2v) is 4.12. The van der Waals surface area contributed by atoms with Crippen LogP contribution in [0, 0.1) is 0 Å². The van der Waals surface area contributed by atoms with E-state index in [2.05, 4.69) is 34.0 Å². The number of aromatic nitrogens is 2. The molecule has 2 rings (SSSR count). The van der Waals surface area contributed by atoms with Crippen molar-refractivity contribution in [3.8, 4) is 0 Å². The van der Waals surface area contributed by atoms with Crippen LogP contribution in [-0.2, 0) is 0 Å². The van der Waals surface area contributed by atoms with Gasteiger partial charge < -0.3 is 16.0 Å². The van der Waals surface area contributed by atoms with Crippen LogP contribution in [0.3, 0.4) is 0 Å². The molecule has 0 saturated heterocycles. The smallest absolute Gasteiger partial charge is 0.159 e. The van der Waals surface area contributed by atoms with E-state index >= 15 is 0 Å². The van der Waals surface area contributed by atoms with Crippen molar-refractivity contribution in [2.45, 2.75) is 13.8 Å². The monoisotopic (exact) mass is 257 g/mol. The van der Waals surface area contributed by atoms with Gasteiger partial charge in [0.1, 0.15) is 12.0 Å². The van der Waals surface area contributed by atoms with Gasteiger partial charge in [-0.2, -0.15) is 0 Å². The number of hydrogen-bond acceptors (Lipinski definition) is 5. The number of nitrogens with zero attached hydrogens (tertiary/aromatic N) is 3. The highest BCUT2D eigenvalue weighted by molar-refractivity contribution is 5.78. The summed E-state index contributed by atoms with van der Waals surface area (Å²) in [5.74, 6) is 1.42. The fourth-order valence-corrected chi connectivity index (χ4v) is 1.92. The first-order valence-electron chi connectivity index (χ1n) is 6.43. The molecule has 0 saturated carbocycles. The first-order chi connectivity index (χ1) is 9.26. The van der Waals surface area contributed by atoms with Crippen molar-refractivity contribution in [1.29, 1.82) is 0 Å². The number of rotatable bonds is 5. The maximum Gasteiger partial charge on any atom is 0.159 e. The second kappa shape index (κ2) is 6.04. The first-order valence-corrected chi connectivity index (χ1v) is 6.43. The van der Waals surface area contributed by atoms with E-state index in [1.165, 1.54) is 6.33 Å². The fourth-order valence-electron chi connectivity index (χ4n) is 1.92. The van der Waals surface area contributed by atoms with E-state index in [9.17, 15) is 0 Å². The van der Waals surface area contributed by atoms with E-state index in [1.54, 1.807) is 0 Å². The van der Waals surface area contributed by atoms with Crippen molar-refractivity contribution in [2.24, 2.45) is 0 Å². The number of nitrogens with one attached hydrogen (secondary N) is 1. The Kier molecular flexibility index (Phi) is 4.18. The maximum absolute atomic E-state index is 6.15. The molecule has 0 atom stereocenters. The van der Waals surface area contributed by atoms with Crippen LogP contribution in [-0.4, -0.2) is 23.1 Å². The number of para-hydroxylation sites is 1.